The number of nitrogens with zero attached hydrogens (tertiary/aromatic N) is 2. The molecule has 9 nitrogen and oxygen atoms in total. The Morgan fingerprint density at radius 1 is 0.978 bits per heavy atom. The standard InChI is InChI=1S/C36H54N4O5/c1-7-16-31(41)34(43)30(24-27-19-14-11-15-20-27)37-36(45)33(28(8-2)9-3)38-35(44)29(23-26-17-12-10-13-18-26)25-32(42)40(6)22-21-39(4)5/h1-2,10,12-13,17-18,27-31,33-34,41,43H,9,11,14-16,19-25H2,3-6H3,(H,37,45)(H,38,44)/t28?,29?,30?,31?,33-,34+/m0/s1. The molecule has 9 heteroatoms. The number of benzene rings is 1. The summed E-state index contributed by atoms with van der Waals surface area (Å²) in [5.41, 5.74) is 0.893. The van der Waals surface area contributed by atoms with Crippen LogP contribution in [0.15, 0.2) is 30.3 Å². The van der Waals surface area contributed by atoms with E-state index in [1.807, 2.05) is 56.3 Å². The molecule has 248 valence electrons. The van der Waals surface area contributed by atoms with Crippen molar-refractivity contribution in [2.75, 3.05) is 34.2 Å². The number of carbonyl (C=O) groups excluding carboxylic acids is 3. The van der Waals surface area contributed by atoms with Gasteiger partial charge in [0.1, 0.15) is 12.1 Å². The zero-order valence-corrected chi connectivity index (χ0v) is 27.6. The van der Waals surface area contributed by atoms with Crippen molar-refractivity contribution in [3.05, 3.63) is 35.9 Å². The second-order valence-electron chi connectivity index (χ2n) is 12.7. The minimum atomic E-state index is -1.28. The van der Waals surface area contributed by atoms with E-state index < -0.39 is 47.9 Å². The summed E-state index contributed by atoms with van der Waals surface area (Å²) in [6.07, 6.45) is 15.1. The maximum absolute atomic E-state index is 13.9. The summed E-state index contributed by atoms with van der Waals surface area (Å²) < 4.78 is 0. The first-order valence-corrected chi connectivity index (χ1v) is 16.3. The van der Waals surface area contributed by atoms with Gasteiger partial charge in [0, 0.05) is 38.9 Å². The Morgan fingerprint density at radius 3 is 2.22 bits per heavy atom. The quantitative estimate of drug-likeness (QED) is 0.187. The van der Waals surface area contributed by atoms with Gasteiger partial charge in [-0.3, -0.25) is 14.4 Å². The van der Waals surface area contributed by atoms with E-state index in [-0.39, 0.29) is 24.7 Å². The molecular weight excluding hydrogens is 568 g/mol. The minimum absolute atomic E-state index is 0.0346. The van der Waals surface area contributed by atoms with Crippen molar-refractivity contribution >= 4 is 17.7 Å². The van der Waals surface area contributed by atoms with Gasteiger partial charge in [0.05, 0.1) is 18.1 Å². The van der Waals surface area contributed by atoms with Crippen LogP contribution in [0.5, 0.6) is 0 Å². The minimum Gasteiger partial charge on any atom is -0.389 e. The average molecular weight is 623 g/mol. The third-order valence-corrected chi connectivity index (χ3v) is 8.83. The van der Waals surface area contributed by atoms with Crippen molar-refractivity contribution in [3.63, 3.8) is 0 Å². The molecule has 1 aromatic carbocycles. The molecule has 0 spiro atoms. The number of hydrogen-bond acceptors (Lipinski definition) is 6. The number of terminal acetylenes is 2. The molecule has 45 heavy (non-hydrogen) atoms. The molecule has 1 fully saturated rings. The first-order chi connectivity index (χ1) is 21.5. The molecule has 0 aliphatic heterocycles. The summed E-state index contributed by atoms with van der Waals surface area (Å²) in [5.74, 6) is 2.78. The second kappa shape index (κ2) is 19.9. The van der Waals surface area contributed by atoms with Crippen LogP contribution < -0.4 is 10.6 Å². The van der Waals surface area contributed by atoms with E-state index in [9.17, 15) is 24.6 Å². The molecule has 2 rings (SSSR count). The van der Waals surface area contributed by atoms with Crippen LogP contribution in [0.3, 0.4) is 0 Å². The van der Waals surface area contributed by atoms with Gasteiger partial charge in [-0.25, -0.2) is 0 Å². The lowest BCUT2D eigenvalue weighted by atomic mass is 9.82. The summed E-state index contributed by atoms with van der Waals surface area (Å²) >= 11 is 0. The number of amides is 3. The highest BCUT2D eigenvalue weighted by atomic mass is 16.3. The third kappa shape index (κ3) is 12.9. The molecule has 1 saturated carbocycles. The molecule has 1 aromatic rings. The van der Waals surface area contributed by atoms with Crippen LogP contribution in [0.25, 0.3) is 0 Å². The number of likely N-dealkylation sites (N-methyl/N-ethyl adjacent to an activating group) is 2. The summed E-state index contributed by atoms with van der Waals surface area (Å²) in [6, 6.07) is 7.58. The number of nitrogens with one attached hydrogen (secondary N) is 2. The molecule has 6 atom stereocenters. The van der Waals surface area contributed by atoms with E-state index in [0.29, 0.717) is 32.4 Å². The number of carbonyl (C=O) groups is 3. The fraction of sp³-hybridized carbons (Fsp3) is 0.639. The van der Waals surface area contributed by atoms with Gasteiger partial charge in [0.15, 0.2) is 0 Å². The van der Waals surface area contributed by atoms with Gasteiger partial charge < -0.3 is 30.6 Å². The van der Waals surface area contributed by atoms with E-state index >= 15 is 0 Å². The average Bonchev–Trinajstić information content (AvgIpc) is 3.03. The molecule has 1 aliphatic carbocycles. The summed E-state index contributed by atoms with van der Waals surface area (Å²) in [5, 5.41) is 27.4. The van der Waals surface area contributed by atoms with Gasteiger partial charge in [-0.1, -0.05) is 69.4 Å². The Balaban J connectivity index is 2.31. The summed E-state index contributed by atoms with van der Waals surface area (Å²) in [7, 11) is 5.58. The van der Waals surface area contributed by atoms with Crippen molar-refractivity contribution in [1.29, 1.82) is 0 Å². The van der Waals surface area contributed by atoms with Gasteiger partial charge >= 0.3 is 0 Å². The van der Waals surface area contributed by atoms with Gasteiger partial charge in [-0.2, -0.15) is 0 Å². The lowest BCUT2D eigenvalue weighted by Gasteiger charge is -2.34. The molecule has 0 saturated heterocycles. The van der Waals surface area contributed by atoms with Gasteiger partial charge in [0.25, 0.3) is 0 Å². The monoisotopic (exact) mass is 622 g/mol. The highest BCUT2D eigenvalue weighted by molar-refractivity contribution is 5.91. The molecule has 0 radical (unpaired) electrons. The predicted molar refractivity (Wildman–Crippen MR) is 178 cm³/mol. The van der Waals surface area contributed by atoms with Crippen molar-refractivity contribution < 1.29 is 24.6 Å². The van der Waals surface area contributed by atoms with Crippen LogP contribution in [0, 0.1) is 42.4 Å². The highest BCUT2D eigenvalue weighted by Gasteiger charge is 2.36. The maximum atomic E-state index is 13.9. The Morgan fingerprint density at radius 2 is 1.64 bits per heavy atom. The van der Waals surface area contributed by atoms with E-state index in [4.69, 9.17) is 12.8 Å². The van der Waals surface area contributed by atoms with Crippen LogP contribution in [0.2, 0.25) is 0 Å². The lowest BCUT2D eigenvalue weighted by molar-refractivity contribution is -0.137. The van der Waals surface area contributed by atoms with Crippen molar-refractivity contribution in [1.82, 2.24) is 20.4 Å². The topological polar surface area (TPSA) is 122 Å². The van der Waals surface area contributed by atoms with E-state index in [2.05, 4.69) is 22.5 Å². The SMILES string of the molecule is C#CCC(O)[C@H](O)C(CC1CCCCC1)NC(=O)[C@@H](NC(=O)C(CC(=O)N(C)CCN(C)C)Cc1ccccc1)C(C#C)CC. The molecule has 4 unspecified atom stereocenters. The van der Waals surface area contributed by atoms with Crippen molar-refractivity contribution in [2.24, 2.45) is 17.8 Å². The van der Waals surface area contributed by atoms with Gasteiger partial charge in [-0.15, -0.1) is 24.7 Å². The maximum Gasteiger partial charge on any atom is 0.244 e. The molecule has 1 aliphatic rings. The smallest absolute Gasteiger partial charge is 0.244 e. The van der Waals surface area contributed by atoms with Crippen LogP contribution in [0.4, 0.5) is 0 Å². The molecule has 3 amide bonds. The van der Waals surface area contributed by atoms with Crippen molar-refractivity contribution in [2.45, 2.75) is 95.4 Å². The fourth-order valence-corrected chi connectivity index (χ4v) is 5.92. The zero-order chi connectivity index (χ0) is 33.4. The zero-order valence-electron chi connectivity index (χ0n) is 27.6. The molecule has 0 aromatic heterocycles. The number of rotatable bonds is 18. The van der Waals surface area contributed by atoms with Crippen molar-refractivity contribution in [3.8, 4) is 24.7 Å². The van der Waals surface area contributed by atoms with E-state index in [1.54, 1.807) is 11.9 Å². The molecule has 0 heterocycles. The number of aliphatic hydroxyl groups is 2. The van der Waals surface area contributed by atoms with Crippen LogP contribution >= 0.6 is 0 Å². The number of aliphatic hydroxyl groups excluding tert-OH is 2. The third-order valence-electron chi connectivity index (χ3n) is 8.83. The van der Waals surface area contributed by atoms with Crippen LogP contribution in [-0.2, 0) is 20.8 Å². The summed E-state index contributed by atoms with van der Waals surface area (Å²) in [4.78, 5) is 44.6. The Labute approximate surface area is 270 Å². The number of hydrogen-bond donors (Lipinski definition) is 4. The molecular formula is C36H54N4O5. The van der Waals surface area contributed by atoms with E-state index in [0.717, 1.165) is 37.7 Å². The van der Waals surface area contributed by atoms with Gasteiger partial charge in [0.2, 0.25) is 17.7 Å². The van der Waals surface area contributed by atoms with Gasteiger partial charge in [-0.05, 0) is 44.8 Å². The highest BCUT2D eigenvalue weighted by Crippen LogP contribution is 2.29. The molecule has 0 bridgehead atoms. The molecule has 4 N–H and O–H groups in total. The first-order valence-electron chi connectivity index (χ1n) is 16.3. The second-order valence-corrected chi connectivity index (χ2v) is 12.7. The van der Waals surface area contributed by atoms with E-state index in [1.165, 1.54) is 0 Å². The Kier molecular flexibility index (Phi) is 16.7. The lowest BCUT2D eigenvalue weighted by Crippen LogP contribution is -2.57. The largest absolute Gasteiger partial charge is 0.389 e. The first kappa shape index (κ1) is 37.8. The van der Waals surface area contributed by atoms with Crippen LogP contribution in [0.1, 0.15) is 70.3 Å². The van der Waals surface area contributed by atoms with Crippen LogP contribution in [-0.4, -0.2) is 96.3 Å². The predicted octanol–water partition coefficient (Wildman–Crippen LogP) is 2.60. The summed E-state index contributed by atoms with van der Waals surface area (Å²) in [6.45, 7) is 3.04. The Bertz CT molecular complexity index is 1140. The fourth-order valence-electron chi connectivity index (χ4n) is 5.92. The normalized spacial score (nSPS) is 17.5. The Hall–Kier alpha value is -3.37.